The molecule has 2 fully saturated rings. The Bertz CT molecular complexity index is 577. The molecule has 1 aliphatic carbocycles. The summed E-state index contributed by atoms with van der Waals surface area (Å²) in [4.78, 5) is 21.0. The van der Waals surface area contributed by atoms with E-state index in [4.69, 9.17) is 4.42 Å². The molecule has 2 aliphatic rings. The Hall–Kier alpha value is -1.25. The molecule has 1 saturated heterocycles. The van der Waals surface area contributed by atoms with E-state index in [0.717, 1.165) is 25.6 Å². The van der Waals surface area contributed by atoms with E-state index < -0.39 is 0 Å². The zero-order chi connectivity index (χ0) is 16.4. The van der Waals surface area contributed by atoms with Gasteiger partial charge in [-0.2, -0.15) is 0 Å². The number of aliphatic imine (C=N–C) groups is 1. The van der Waals surface area contributed by atoms with Crippen molar-refractivity contribution in [3.05, 3.63) is 24.2 Å². The smallest absolute Gasteiger partial charge is 0.289 e. The van der Waals surface area contributed by atoms with Crippen LogP contribution in [0.5, 0.6) is 0 Å². The molecule has 0 spiro atoms. The highest BCUT2D eigenvalue weighted by Gasteiger charge is 2.46. The monoisotopic (exact) mass is 446 g/mol. The predicted octanol–water partition coefficient (Wildman–Crippen LogP) is 2.42. The first-order chi connectivity index (χ1) is 11.0. The van der Waals surface area contributed by atoms with Crippen LogP contribution in [0.1, 0.15) is 37.7 Å². The average molecular weight is 446 g/mol. The number of guanidine groups is 1. The summed E-state index contributed by atoms with van der Waals surface area (Å²) in [7, 11) is 0. The van der Waals surface area contributed by atoms with Crippen LogP contribution in [-0.2, 0) is 0 Å². The fourth-order valence-electron chi connectivity index (χ4n) is 2.93. The summed E-state index contributed by atoms with van der Waals surface area (Å²) in [6.45, 7) is 10.3. The number of piperazine rings is 1. The number of hydrogen-bond donors (Lipinski definition) is 1. The lowest BCUT2D eigenvalue weighted by atomic mass is 10.2. The van der Waals surface area contributed by atoms with E-state index in [1.54, 1.807) is 12.1 Å². The zero-order valence-electron chi connectivity index (χ0n) is 14.6. The van der Waals surface area contributed by atoms with Gasteiger partial charge in [0.05, 0.1) is 6.26 Å². The molecule has 1 atom stereocenters. The van der Waals surface area contributed by atoms with Gasteiger partial charge in [-0.1, -0.05) is 13.8 Å². The highest BCUT2D eigenvalue weighted by atomic mass is 127. The molecule has 0 aromatic carbocycles. The number of carbonyl (C=O) groups is 1. The summed E-state index contributed by atoms with van der Waals surface area (Å²) >= 11 is 0. The number of amides is 1. The number of nitrogens with one attached hydrogen (secondary N) is 1. The maximum atomic E-state index is 12.3. The molecule has 2 heterocycles. The van der Waals surface area contributed by atoms with Gasteiger partial charge in [-0.15, -0.1) is 24.0 Å². The Kier molecular flexibility index (Phi) is 6.17. The van der Waals surface area contributed by atoms with Gasteiger partial charge in [0.25, 0.3) is 5.91 Å². The third kappa shape index (κ3) is 4.23. The van der Waals surface area contributed by atoms with Crippen LogP contribution >= 0.6 is 24.0 Å². The standard InChI is InChI=1S/C17H26N4O2.HI/c1-4-18-16(19-14-12-17(14,2)3)21-9-7-20(8-10-21)15(22)13-6-5-11-23-13;/h5-6,11,14H,4,7-10,12H2,1-3H3,(H,18,19);1H. The van der Waals surface area contributed by atoms with Crippen molar-refractivity contribution in [3.63, 3.8) is 0 Å². The van der Waals surface area contributed by atoms with E-state index in [1.807, 2.05) is 4.90 Å². The van der Waals surface area contributed by atoms with E-state index in [2.05, 4.69) is 36.0 Å². The molecular weight excluding hydrogens is 419 g/mol. The molecule has 1 amide bonds. The summed E-state index contributed by atoms with van der Waals surface area (Å²) in [5, 5.41) is 3.58. The van der Waals surface area contributed by atoms with Gasteiger partial charge in [-0.05, 0) is 30.9 Å². The third-order valence-corrected chi connectivity index (χ3v) is 4.72. The van der Waals surface area contributed by atoms with Crippen LogP contribution in [0.25, 0.3) is 0 Å². The van der Waals surface area contributed by atoms with Gasteiger partial charge >= 0.3 is 0 Å². The largest absolute Gasteiger partial charge is 0.459 e. The van der Waals surface area contributed by atoms with Crippen molar-refractivity contribution >= 4 is 35.8 Å². The second-order valence-electron chi connectivity index (χ2n) is 6.94. The lowest BCUT2D eigenvalue weighted by Crippen LogP contribution is -2.54. The normalized spacial score (nSPS) is 22.8. The molecule has 1 N–H and O–H groups in total. The van der Waals surface area contributed by atoms with E-state index in [0.29, 0.717) is 30.3 Å². The van der Waals surface area contributed by atoms with Crippen molar-refractivity contribution in [2.45, 2.75) is 33.2 Å². The Morgan fingerprint density at radius 1 is 1.33 bits per heavy atom. The van der Waals surface area contributed by atoms with Gasteiger partial charge in [-0.25, -0.2) is 0 Å². The Morgan fingerprint density at radius 2 is 1.96 bits per heavy atom. The fourth-order valence-corrected chi connectivity index (χ4v) is 2.93. The number of rotatable bonds is 3. The third-order valence-electron chi connectivity index (χ3n) is 4.72. The SMILES string of the molecule is CCN=C(NC1CC1(C)C)N1CCN(C(=O)c2ccco2)CC1.I. The van der Waals surface area contributed by atoms with Gasteiger partial charge in [-0.3, -0.25) is 9.79 Å². The second-order valence-corrected chi connectivity index (χ2v) is 6.94. The first kappa shape index (κ1) is 19.1. The summed E-state index contributed by atoms with van der Waals surface area (Å²) in [5.41, 5.74) is 0.367. The van der Waals surface area contributed by atoms with E-state index >= 15 is 0 Å². The summed E-state index contributed by atoms with van der Waals surface area (Å²) in [5.74, 6) is 1.37. The first-order valence-corrected chi connectivity index (χ1v) is 8.40. The number of halogens is 1. The number of carbonyl (C=O) groups excluding carboxylic acids is 1. The molecule has 1 aromatic rings. The molecule has 1 unspecified atom stereocenters. The van der Waals surface area contributed by atoms with Crippen molar-refractivity contribution in [1.82, 2.24) is 15.1 Å². The Labute approximate surface area is 160 Å². The van der Waals surface area contributed by atoms with E-state index in [1.165, 1.54) is 12.7 Å². The van der Waals surface area contributed by atoms with Crippen molar-refractivity contribution in [3.8, 4) is 0 Å². The number of hydrogen-bond acceptors (Lipinski definition) is 3. The van der Waals surface area contributed by atoms with Gasteiger partial charge in [0.2, 0.25) is 0 Å². The second kappa shape index (κ2) is 7.76. The predicted molar refractivity (Wildman–Crippen MR) is 105 cm³/mol. The van der Waals surface area contributed by atoms with Crippen LogP contribution in [0.3, 0.4) is 0 Å². The number of furan rings is 1. The average Bonchev–Trinajstić information content (AvgIpc) is 2.95. The van der Waals surface area contributed by atoms with Gasteiger partial charge in [0, 0.05) is 38.8 Å². The van der Waals surface area contributed by atoms with E-state index in [-0.39, 0.29) is 29.9 Å². The van der Waals surface area contributed by atoms with Crippen LogP contribution in [0.2, 0.25) is 0 Å². The first-order valence-electron chi connectivity index (χ1n) is 8.40. The van der Waals surface area contributed by atoms with E-state index in [9.17, 15) is 4.79 Å². The van der Waals surface area contributed by atoms with Crippen molar-refractivity contribution in [1.29, 1.82) is 0 Å². The molecule has 0 radical (unpaired) electrons. The van der Waals surface area contributed by atoms with Crippen molar-refractivity contribution < 1.29 is 9.21 Å². The topological polar surface area (TPSA) is 61.1 Å². The lowest BCUT2D eigenvalue weighted by molar-refractivity contribution is 0.0657. The molecule has 1 saturated carbocycles. The quantitative estimate of drug-likeness (QED) is 0.440. The molecule has 134 valence electrons. The minimum absolute atomic E-state index is 0. The highest BCUT2D eigenvalue weighted by Crippen LogP contribution is 2.44. The van der Waals surface area contributed by atoms with Gasteiger partial charge < -0.3 is 19.5 Å². The van der Waals surface area contributed by atoms with Crippen LogP contribution in [0.4, 0.5) is 0 Å². The maximum Gasteiger partial charge on any atom is 0.289 e. The summed E-state index contributed by atoms with van der Waals surface area (Å²) < 4.78 is 5.20. The minimum atomic E-state index is -0.0279. The van der Waals surface area contributed by atoms with Crippen molar-refractivity contribution in [2.24, 2.45) is 10.4 Å². The summed E-state index contributed by atoms with van der Waals surface area (Å²) in [6, 6.07) is 3.97. The molecule has 1 aliphatic heterocycles. The Morgan fingerprint density at radius 3 is 2.46 bits per heavy atom. The van der Waals surface area contributed by atoms with Crippen LogP contribution in [0, 0.1) is 5.41 Å². The molecule has 24 heavy (non-hydrogen) atoms. The van der Waals surface area contributed by atoms with Crippen LogP contribution < -0.4 is 5.32 Å². The zero-order valence-corrected chi connectivity index (χ0v) is 16.9. The molecule has 1 aromatic heterocycles. The van der Waals surface area contributed by atoms with Gasteiger partial charge in [0.15, 0.2) is 11.7 Å². The highest BCUT2D eigenvalue weighted by molar-refractivity contribution is 14.0. The maximum absolute atomic E-state index is 12.3. The Balaban J connectivity index is 0.00000208. The lowest BCUT2D eigenvalue weighted by Gasteiger charge is -2.36. The van der Waals surface area contributed by atoms with Crippen LogP contribution in [-0.4, -0.2) is 60.4 Å². The summed E-state index contributed by atoms with van der Waals surface area (Å²) in [6.07, 6.45) is 2.73. The van der Waals surface area contributed by atoms with Crippen molar-refractivity contribution in [2.75, 3.05) is 32.7 Å². The van der Waals surface area contributed by atoms with Gasteiger partial charge in [0.1, 0.15) is 0 Å². The fraction of sp³-hybridized carbons (Fsp3) is 0.647. The molecule has 6 nitrogen and oxygen atoms in total. The molecular formula is C17H27IN4O2. The molecule has 3 rings (SSSR count). The molecule has 0 bridgehead atoms. The van der Waals surface area contributed by atoms with Crippen LogP contribution in [0.15, 0.2) is 27.8 Å². The molecule has 7 heteroatoms. The minimum Gasteiger partial charge on any atom is -0.459 e. The number of nitrogens with zero attached hydrogens (tertiary/aromatic N) is 3.